The van der Waals surface area contributed by atoms with Gasteiger partial charge in [0.2, 0.25) is 0 Å². The number of hydrogen-bond donors (Lipinski definition) is 1. The van der Waals surface area contributed by atoms with E-state index in [4.69, 9.17) is 25.8 Å². The van der Waals surface area contributed by atoms with Gasteiger partial charge >= 0.3 is 0 Å². The molecule has 0 aromatic heterocycles. The third-order valence-corrected chi connectivity index (χ3v) is 16.6. The number of rotatable bonds is 3. The maximum absolute atomic E-state index is 14.1. The molecule has 2 saturated heterocycles. The Kier molecular flexibility index (Phi) is 10.6. The van der Waals surface area contributed by atoms with E-state index in [1.807, 2.05) is 38.3 Å². The second-order valence-electron chi connectivity index (χ2n) is 17.2. The Morgan fingerprint density at radius 1 is 1.06 bits per heavy atom. The number of amides is 1. The molecule has 11 heteroatoms. The maximum Gasteiger partial charge on any atom is 0.262 e. The molecular weight excluding hydrogens is 708 g/mol. The number of halogens is 1. The summed E-state index contributed by atoms with van der Waals surface area (Å²) in [6.45, 7) is 13.0. The van der Waals surface area contributed by atoms with Gasteiger partial charge in [-0.25, -0.2) is 4.21 Å². The average molecular weight is 767 g/mol. The van der Waals surface area contributed by atoms with Crippen LogP contribution in [0.2, 0.25) is 5.02 Å². The van der Waals surface area contributed by atoms with E-state index < -0.39 is 9.71 Å². The minimum absolute atomic E-state index is 0.114. The van der Waals surface area contributed by atoms with Crippen LogP contribution in [0.1, 0.15) is 80.3 Å². The van der Waals surface area contributed by atoms with Gasteiger partial charge in [0.05, 0.1) is 40.8 Å². The van der Waals surface area contributed by atoms with Crippen molar-refractivity contribution in [3.05, 3.63) is 58.1 Å². The standard InChI is InChI=1S/C42H59ClN4O5S/c1-29-7-5-16-42(50-3,27-45-17-18-46-19-20-51-25-35(46)24-45)37-12-9-33(37)23-47-26-41(15-6-8-31-21-34(43)11-13-36(31)41)28-52-39-14-10-32(22-38(39)47)40(48)44-53(4,49)30(29)2/h10-11,13-14,21-22,29-30,33,35,37H,4-9,12,15-20,23-28H2,1-3H3,(H,44,48,49)/t29-,30+,33-,35-,37+,41-,42+,53?/m0/s1. The molecule has 290 valence electrons. The highest BCUT2D eigenvalue weighted by Gasteiger charge is 2.51. The summed E-state index contributed by atoms with van der Waals surface area (Å²) in [5, 5.41) is 0.489. The lowest BCUT2D eigenvalue weighted by molar-refractivity contribution is -0.140. The minimum Gasteiger partial charge on any atom is -0.490 e. The lowest BCUT2D eigenvalue weighted by Crippen LogP contribution is -2.63. The number of hydrogen-bond acceptors (Lipinski definition) is 8. The van der Waals surface area contributed by atoms with Gasteiger partial charge in [-0.1, -0.05) is 31.0 Å². The van der Waals surface area contributed by atoms with Crippen molar-refractivity contribution in [1.82, 2.24) is 14.5 Å². The van der Waals surface area contributed by atoms with Crippen LogP contribution in [-0.2, 0) is 31.0 Å². The SMILES string of the molecule is C=S1(=O)NC(=O)c2ccc3c(c2)N(C[C@@H]2CC[C@H]2[C@@](CN2CCN4CCOC[C@@H]4C2)(OC)CCC[C@H](C)[C@H]1C)C[C@@]1(CCCc2cc(Cl)ccc21)CO3. The van der Waals surface area contributed by atoms with Gasteiger partial charge in [-0.15, -0.1) is 0 Å². The molecule has 2 aromatic carbocycles. The number of carbonyl (C=O) groups is 1. The van der Waals surface area contributed by atoms with Crippen molar-refractivity contribution in [2.45, 2.75) is 87.5 Å². The summed E-state index contributed by atoms with van der Waals surface area (Å²) in [5.41, 5.74) is 3.53. The largest absolute Gasteiger partial charge is 0.490 e. The highest BCUT2D eigenvalue weighted by atomic mass is 35.5. The molecule has 4 aliphatic heterocycles. The number of nitrogens with one attached hydrogen (secondary N) is 1. The third-order valence-electron chi connectivity index (χ3n) is 14.2. The lowest BCUT2D eigenvalue weighted by atomic mass is 9.62. The van der Waals surface area contributed by atoms with E-state index in [0.717, 1.165) is 127 Å². The average Bonchev–Trinajstić information content (AvgIpc) is 3.28. The highest BCUT2D eigenvalue weighted by Crippen LogP contribution is 2.50. The predicted octanol–water partition coefficient (Wildman–Crippen LogP) is 5.81. The molecule has 3 fully saturated rings. The number of aryl methyl sites for hydroxylation is 1. The number of carbonyl (C=O) groups excluding carboxylic acids is 1. The monoisotopic (exact) mass is 766 g/mol. The van der Waals surface area contributed by atoms with Gasteiger partial charge in [0.1, 0.15) is 5.75 Å². The van der Waals surface area contributed by atoms with Crippen molar-refractivity contribution < 1.29 is 23.2 Å². The first kappa shape index (κ1) is 37.6. The molecule has 1 unspecified atom stereocenters. The summed E-state index contributed by atoms with van der Waals surface area (Å²) in [6, 6.07) is 12.5. The topological polar surface area (TPSA) is 83.6 Å². The van der Waals surface area contributed by atoms with Crippen LogP contribution >= 0.6 is 11.6 Å². The Morgan fingerprint density at radius 3 is 2.74 bits per heavy atom. The smallest absolute Gasteiger partial charge is 0.262 e. The number of fused-ring (bicyclic) bond motifs is 5. The van der Waals surface area contributed by atoms with Crippen LogP contribution in [0, 0.1) is 17.8 Å². The van der Waals surface area contributed by atoms with Gasteiger partial charge in [0.25, 0.3) is 5.91 Å². The fourth-order valence-electron chi connectivity index (χ4n) is 10.7. The van der Waals surface area contributed by atoms with Crippen LogP contribution < -0.4 is 14.4 Å². The van der Waals surface area contributed by atoms with Gasteiger partial charge in [-0.05, 0) is 117 Å². The molecule has 6 aliphatic rings. The van der Waals surface area contributed by atoms with Gasteiger partial charge in [-0.2, -0.15) is 0 Å². The number of nitrogens with zero attached hydrogens (tertiary/aromatic N) is 3. The molecule has 1 saturated carbocycles. The van der Waals surface area contributed by atoms with E-state index in [1.165, 1.54) is 11.1 Å². The third kappa shape index (κ3) is 7.26. The van der Waals surface area contributed by atoms with E-state index in [-0.39, 0.29) is 28.1 Å². The van der Waals surface area contributed by atoms with Crippen molar-refractivity contribution in [2.24, 2.45) is 17.8 Å². The van der Waals surface area contributed by atoms with Gasteiger partial charge in [0.15, 0.2) is 0 Å². The normalized spacial score (nSPS) is 36.9. The van der Waals surface area contributed by atoms with Crippen molar-refractivity contribution >= 4 is 38.8 Å². The highest BCUT2D eigenvalue weighted by molar-refractivity contribution is 7.99. The molecule has 1 N–H and O–H groups in total. The first-order valence-electron chi connectivity index (χ1n) is 20.1. The lowest BCUT2D eigenvalue weighted by Gasteiger charge is -2.54. The molecular formula is C42H59ClN4O5S. The Labute approximate surface area is 322 Å². The molecule has 9 nitrogen and oxygen atoms in total. The van der Waals surface area contributed by atoms with E-state index in [1.54, 1.807) is 0 Å². The van der Waals surface area contributed by atoms with Crippen LogP contribution in [-0.4, -0.2) is 115 Å². The number of benzene rings is 2. The zero-order chi connectivity index (χ0) is 37.0. The molecule has 53 heavy (non-hydrogen) atoms. The summed E-state index contributed by atoms with van der Waals surface area (Å²) < 4.78 is 36.5. The summed E-state index contributed by atoms with van der Waals surface area (Å²) >= 11 is 6.53. The summed E-state index contributed by atoms with van der Waals surface area (Å²) in [7, 11) is -0.982. The van der Waals surface area contributed by atoms with Crippen LogP contribution in [0.4, 0.5) is 5.69 Å². The first-order valence-corrected chi connectivity index (χ1v) is 22.2. The fraction of sp³-hybridized carbons (Fsp3) is 0.667. The predicted molar refractivity (Wildman–Crippen MR) is 214 cm³/mol. The Bertz CT molecular complexity index is 1790. The molecule has 2 aromatic rings. The van der Waals surface area contributed by atoms with Gasteiger partial charge < -0.3 is 19.1 Å². The summed E-state index contributed by atoms with van der Waals surface area (Å²) in [6.07, 6.45) is 8.17. The zero-order valence-corrected chi connectivity index (χ0v) is 33.5. The van der Waals surface area contributed by atoms with Crippen molar-refractivity contribution in [3.8, 4) is 5.75 Å². The molecule has 2 bridgehead atoms. The van der Waals surface area contributed by atoms with Crippen molar-refractivity contribution in [1.29, 1.82) is 0 Å². The summed E-state index contributed by atoms with van der Waals surface area (Å²) in [4.78, 5) is 21.6. The van der Waals surface area contributed by atoms with E-state index in [9.17, 15) is 9.00 Å². The number of piperazine rings is 1. The molecule has 8 rings (SSSR count). The van der Waals surface area contributed by atoms with Gasteiger partial charge in [0, 0.05) is 80.2 Å². The quantitative estimate of drug-likeness (QED) is 0.393. The second-order valence-corrected chi connectivity index (χ2v) is 20.1. The fourth-order valence-corrected chi connectivity index (χ4v) is 12.4. The number of ether oxygens (including phenoxy) is 3. The zero-order valence-electron chi connectivity index (χ0n) is 32.0. The van der Waals surface area contributed by atoms with Crippen LogP contribution in [0.3, 0.4) is 0 Å². The van der Waals surface area contributed by atoms with E-state index in [0.29, 0.717) is 30.0 Å². The van der Waals surface area contributed by atoms with Crippen LogP contribution in [0.25, 0.3) is 0 Å². The number of methoxy groups -OCH3 is 1. The Balaban J connectivity index is 1.17. The van der Waals surface area contributed by atoms with Crippen molar-refractivity contribution in [2.75, 3.05) is 77.6 Å². The van der Waals surface area contributed by atoms with Gasteiger partial charge in [-0.3, -0.25) is 19.3 Å². The molecule has 8 atom stereocenters. The molecule has 4 heterocycles. The first-order chi connectivity index (χ1) is 25.5. The van der Waals surface area contributed by atoms with E-state index >= 15 is 0 Å². The molecule has 0 radical (unpaired) electrons. The maximum atomic E-state index is 14.1. The van der Waals surface area contributed by atoms with Crippen molar-refractivity contribution in [3.63, 3.8) is 0 Å². The number of morpholine rings is 1. The number of anilines is 1. The Hall–Kier alpha value is -2.34. The van der Waals surface area contributed by atoms with E-state index in [2.05, 4.69) is 44.3 Å². The van der Waals surface area contributed by atoms with Crippen LogP contribution in [0.15, 0.2) is 36.4 Å². The molecule has 1 spiro atoms. The minimum atomic E-state index is -2.92. The second kappa shape index (κ2) is 15.0. The van der Waals surface area contributed by atoms with Crippen LogP contribution in [0.5, 0.6) is 5.75 Å². The molecule has 2 aliphatic carbocycles. The molecule has 1 amide bonds. The summed E-state index contributed by atoms with van der Waals surface area (Å²) in [5.74, 6) is 5.47. The Morgan fingerprint density at radius 2 is 1.92 bits per heavy atom.